The fourth-order valence-corrected chi connectivity index (χ4v) is 6.66. The molecule has 2 amide bonds. The lowest BCUT2D eigenvalue weighted by molar-refractivity contribution is -0.139. The largest absolute Gasteiger partial charge is 0.357 e. The molecule has 218 valence electrons. The number of nitrogens with one attached hydrogen (secondary N) is 1. The third-order valence-corrected chi connectivity index (χ3v) is 9.05. The van der Waals surface area contributed by atoms with E-state index in [1.807, 2.05) is 61.5 Å². The molecule has 0 saturated heterocycles. The monoisotopic (exact) mass is 623 g/mol. The highest BCUT2D eigenvalue weighted by molar-refractivity contribution is 7.92. The van der Waals surface area contributed by atoms with E-state index in [1.54, 1.807) is 18.2 Å². The molecule has 42 heavy (non-hydrogen) atoms. The average Bonchev–Trinajstić information content (AvgIpc) is 2.98. The molecule has 10 heteroatoms. The summed E-state index contributed by atoms with van der Waals surface area (Å²) in [6.45, 7) is 1.41. The summed E-state index contributed by atoms with van der Waals surface area (Å²) in [6, 6.07) is 28.2. The van der Waals surface area contributed by atoms with Crippen LogP contribution in [-0.4, -0.2) is 44.8 Å². The summed E-state index contributed by atoms with van der Waals surface area (Å²) >= 11 is 12.6. The fraction of sp³-hybridized carbons (Fsp3) is 0.188. The molecule has 0 unspecified atom stereocenters. The highest BCUT2D eigenvalue weighted by Crippen LogP contribution is 2.33. The summed E-state index contributed by atoms with van der Waals surface area (Å²) in [5.41, 5.74) is 2.73. The van der Waals surface area contributed by atoms with Crippen LogP contribution in [0.5, 0.6) is 0 Å². The van der Waals surface area contributed by atoms with Gasteiger partial charge in [0.1, 0.15) is 12.6 Å². The Labute approximate surface area is 256 Å². The predicted octanol–water partition coefficient (Wildman–Crippen LogP) is 5.88. The SMILES string of the molecule is CNC(=O)[C@@H](Cc1ccccc1)N(Cc1cccc(C)c1)C(=O)CN(c1ccc(Cl)cc1Cl)S(=O)(=O)c1ccccc1. The van der Waals surface area contributed by atoms with Gasteiger partial charge in [0.05, 0.1) is 15.6 Å². The lowest BCUT2D eigenvalue weighted by Gasteiger charge is -2.33. The zero-order valence-corrected chi connectivity index (χ0v) is 25.5. The number of hydrogen-bond donors (Lipinski definition) is 1. The van der Waals surface area contributed by atoms with E-state index < -0.39 is 28.5 Å². The van der Waals surface area contributed by atoms with Crippen molar-refractivity contribution in [1.29, 1.82) is 0 Å². The number of carbonyl (C=O) groups excluding carboxylic acids is 2. The molecule has 4 rings (SSSR count). The van der Waals surface area contributed by atoms with Crippen molar-refractivity contribution in [2.24, 2.45) is 0 Å². The van der Waals surface area contributed by atoms with Crippen molar-refractivity contribution in [2.75, 3.05) is 17.9 Å². The molecule has 4 aromatic rings. The van der Waals surface area contributed by atoms with E-state index in [0.29, 0.717) is 5.02 Å². The van der Waals surface area contributed by atoms with E-state index in [2.05, 4.69) is 5.32 Å². The Hall–Kier alpha value is -3.85. The molecule has 0 aliphatic rings. The second kappa shape index (κ2) is 13.9. The number of likely N-dealkylation sites (N-methyl/N-ethyl adjacent to an activating group) is 1. The fourth-order valence-electron chi connectivity index (χ4n) is 4.64. The van der Waals surface area contributed by atoms with Crippen molar-refractivity contribution in [2.45, 2.75) is 30.8 Å². The summed E-state index contributed by atoms with van der Waals surface area (Å²) in [7, 11) is -2.74. The zero-order valence-electron chi connectivity index (χ0n) is 23.2. The maximum atomic E-state index is 14.3. The molecule has 4 aromatic carbocycles. The van der Waals surface area contributed by atoms with Crippen LogP contribution in [0.4, 0.5) is 5.69 Å². The first-order valence-corrected chi connectivity index (χ1v) is 15.4. The normalized spacial score (nSPS) is 11.9. The number of carbonyl (C=O) groups is 2. The molecule has 0 bridgehead atoms. The summed E-state index contributed by atoms with van der Waals surface area (Å²) in [4.78, 5) is 29.0. The van der Waals surface area contributed by atoms with Crippen molar-refractivity contribution in [3.05, 3.63) is 130 Å². The standard InChI is InChI=1S/C32H31Cl2N3O4S/c1-23-10-9-13-25(18-23)21-36(30(32(39)35-2)19-24-11-5-3-6-12-24)31(38)22-37(29-17-16-26(33)20-28(29)34)42(40,41)27-14-7-4-8-15-27/h3-18,20,30H,19,21-22H2,1-2H3,(H,35,39)/t30-/m1/s1. The van der Waals surface area contributed by atoms with Crippen LogP contribution in [0.3, 0.4) is 0 Å². The van der Waals surface area contributed by atoms with Crippen LogP contribution >= 0.6 is 23.2 Å². The summed E-state index contributed by atoms with van der Waals surface area (Å²) < 4.78 is 28.9. The number of halogens is 2. The van der Waals surface area contributed by atoms with Crippen molar-refractivity contribution >= 4 is 50.7 Å². The average molecular weight is 625 g/mol. The van der Waals surface area contributed by atoms with Crippen molar-refractivity contribution in [3.8, 4) is 0 Å². The number of rotatable bonds is 11. The van der Waals surface area contributed by atoms with Crippen LogP contribution in [0.2, 0.25) is 10.0 Å². The molecule has 1 N–H and O–H groups in total. The van der Waals surface area contributed by atoms with Crippen LogP contribution in [-0.2, 0) is 32.6 Å². The summed E-state index contributed by atoms with van der Waals surface area (Å²) in [5, 5.41) is 3.05. The highest BCUT2D eigenvalue weighted by Gasteiger charge is 2.35. The maximum Gasteiger partial charge on any atom is 0.264 e. The lowest BCUT2D eigenvalue weighted by Crippen LogP contribution is -2.53. The third kappa shape index (κ3) is 7.50. The zero-order chi connectivity index (χ0) is 30.3. The topological polar surface area (TPSA) is 86.8 Å². The van der Waals surface area contributed by atoms with Gasteiger partial charge in [0.15, 0.2) is 0 Å². The third-order valence-electron chi connectivity index (χ3n) is 6.74. The minimum atomic E-state index is -4.25. The summed E-state index contributed by atoms with van der Waals surface area (Å²) in [6.07, 6.45) is 0.227. The molecule has 0 radical (unpaired) electrons. The van der Waals surface area contributed by atoms with Crippen molar-refractivity contribution in [3.63, 3.8) is 0 Å². The Morgan fingerprint density at radius 2 is 1.48 bits per heavy atom. The van der Waals surface area contributed by atoms with Crippen LogP contribution in [0.25, 0.3) is 0 Å². The van der Waals surface area contributed by atoms with Crippen LogP contribution in [0.1, 0.15) is 16.7 Å². The first kappa shape index (κ1) is 31.1. The number of anilines is 1. The maximum absolute atomic E-state index is 14.3. The second-order valence-corrected chi connectivity index (χ2v) is 12.5. The van der Waals surface area contributed by atoms with Crippen LogP contribution in [0, 0.1) is 6.92 Å². The molecule has 1 atom stereocenters. The van der Waals surface area contributed by atoms with Gasteiger partial charge in [-0.1, -0.05) is 102 Å². The van der Waals surface area contributed by atoms with Gasteiger partial charge in [-0.05, 0) is 48.4 Å². The molecular weight excluding hydrogens is 593 g/mol. The first-order chi connectivity index (χ1) is 20.1. The molecule has 0 spiro atoms. The molecule has 0 aromatic heterocycles. The van der Waals surface area contributed by atoms with E-state index >= 15 is 0 Å². The van der Waals surface area contributed by atoms with Crippen LogP contribution < -0.4 is 9.62 Å². The van der Waals surface area contributed by atoms with Crippen molar-refractivity contribution in [1.82, 2.24) is 10.2 Å². The summed E-state index contributed by atoms with van der Waals surface area (Å²) in [5.74, 6) is -0.951. The molecule has 0 aliphatic heterocycles. The van der Waals surface area contributed by atoms with Gasteiger partial charge in [-0.3, -0.25) is 13.9 Å². The molecule has 0 aliphatic carbocycles. The van der Waals surface area contributed by atoms with E-state index in [-0.39, 0.29) is 34.5 Å². The predicted molar refractivity (Wildman–Crippen MR) is 167 cm³/mol. The number of aryl methyl sites for hydroxylation is 1. The highest BCUT2D eigenvalue weighted by atomic mass is 35.5. The molecule has 0 saturated carbocycles. The van der Waals surface area contributed by atoms with Gasteiger partial charge in [-0.15, -0.1) is 0 Å². The smallest absolute Gasteiger partial charge is 0.264 e. The number of benzene rings is 4. The Bertz CT molecular complexity index is 1650. The minimum absolute atomic E-state index is 0.0128. The van der Waals surface area contributed by atoms with Crippen molar-refractivity contribution < 1.29 is 18.0 Å². The minimum Gasteiger partial charge on any atom is -0.357 e. The Balaban J connectivity index is 1.81. The molecule has 0 fully saturated rings. The molecular formula is C32H31Cl2N3O4S. The lowest BCUT2D eigenvalue weighted by atomic mass is 10.0. The number of amides is 2. The van der Waals surface area contributed by atoms with Gasteiger partial charge in [0, 0.05) is 25.0 Å². The second-order valence-electron chi connectivity index (χ2n) is 9.75. The number of nitrogens with zero attached hydrogens (tertiary/aromatic N) is 2. The quantitative estimate of drug-likeness (QED) is 0.226. The molecule has 0 heterocycles. The Morgan fingerprint density at radius 3 is 2.10 bits per heavy atom. The van der Waals surface area contributed by atoms with E-state index in [0.717, 1.165) is 21.0 Å². The van der Waals surface area contributed by atoms with Gasteiger partial charge in [0.25, 0.3) is 10.0 Å². The van der Waals surface area contributed by atoms with E-state index in [1.165, 1.54) is 42.3 Å². The van der Waals surface area contributed by atoms with E-state index in [9.17, 15) is 18.0 Å². The molecule has 7 nitrogen and oxygen atoms in total. The Kier molecular flexibility index (Phi) is 10.3. The van der Waals surface area contributed by atoms with Gasteiger partial charge >= 0.3 is 0 Å². The van der Waals surface area contributed by atoms with Crippen LogP contribution in [0.15, 0.2) is 108 Å². The van der Waals surface area contributed by atoms with E-state index in [4.69, 9.17) is 23.2 Å². The number of sulfonamides is 1. The van der Waals surface area contributed by atoms with Gasteiger partial charge in [-0.25, -0.2) is 8.42 Å². The Morgan fingerprint density at radius 1 is 0.833 bits per heavy atom. The first-order valence-electron chi connectivity index (χ1n) is 13.2. The van der Waals surface area contributed by atoms with Gasteiger partial charge in [0.2, 0.25) is 11.8 Å². The number of hydrogen-bond acceptors (Lipinski definition) is 4. The van der Waals surface area contributed by atoms with Gasteiger partial charge < -0.3 is 10.2 Å². The van der Waals surface area contributed by atoms with Gasteiger partial charge in [-0.2, -0.15) is 0 Å².